The highest BCUT2D eigenvalue weighted by Gasteiger charge is 2.18. The predicted octanol–water partition coefficient (Wildman–Crippen LogP) is 18.2. The van der Waals surface area contributed by atoms with Gasteiger partial charge in [-0.3, -0.25) is 0 Å². The summed E-state index contributed by atoms with van der Waals surface area (Å²) in [7, 11) is 0. The van der Waals surface area contributed by atoms with Crippen LogP contribution in [-0.4, -0.2) is 113 Å². The highest BCUT2D eigenvalue weighted by atomic mass is 16.7. The fraction of sp³-hybridized carbons (Fsp3) is 0.372. The van der Waals surface area contributed by atoms with E-state index in [1.807, 2.05) is 0 Å². The first-order chi connectivity index (χ1) is 53.4. The second-order valence-electron chi connectivity index (χ2n) is 24.9. The Morgan fingerprint density at radius 2 is 0.464 bits per heavy atom. The van der Waals surface area contributed by atoms with Crippen LogP contribution in [0.5, 0.6) is 46.0 Å². The second-order valence-corrected chi connectivity index (χ2v) is 24.9. The van der Waals surface area contributed by atoms with Crippen molar-refractivity contribution in [2.45, 2.75) is 155 Å². The Balaban J connectivity index is 0.000000398. The summed E-state index contributed by atoms with van der Waals surface area (Å²) in [5.74, 6) is -1.24. The van der Waals surface area contributed by atoms with E-state index in [-0.39, 0.29) is 72.5 Å². The number of benzene rings is 6. The molecule has 6 aromatic rings. The largest absolute Gasteiger partial charge is 0.513 e. The zero-order chi connectivity index (χ0) is 79.4. The molecule has 0 saturated heterocycles. The summed E-state index contributed by atoms with van der Waals surface area (Å²) in [5, 5.41) is 0. The minimum atomic E-state index is -0.927. The van der Waals surface area contributed by atoms with Crippen LogP contribution >= 0.6 is 0 Å². The molecule has 0 radical (unpaired) electrons. The smallest absolute Gasteiger partial charge is 0.494 e. The summed E-state index contributed by atoms with van der Waals surface area (Å²) >= 11 is 0. The molecule has 0 aliphatic heterocycles. The van der Waals surface area contributed by atoms with Crippen LogP contribution in [0, 0.1) is 13.8 Å². The van der Waals surface area contributed by atoms with Crippen molar-refractivity contribution < 1.29 is 114 Å². The minimum absolute atomic E-state index is 0.0665. The zero-order valence-electron chi connectivity index (χ0n) is 62.9. The SMILES string of the molecule is C=CC(=O)OCCCCCCCCCCCOc1ccc(C(=O)Oc2ccc(OC(=O)c3ccc(OCCCCCCCCCCCOC(=O)C=C)cc3)c(C)c2)cc1.C=CC(=O)OCCCCOC(=O)Oc1ccc(C(=O)Oc2ccc(OC(=O)c3ccc(OC(=O)OCCCCOC(=O)C=C)cc3)c(C)c2)cc1. The van der Waals surface area contributed by atoms with E-state index >= 15 is 0 Å². The van der Waals surface area contributed by atoms with Gasteiger partial charge in [0.25, 0.3) is 0 Å². The van der Waals surface area contributed by atoms with Gasteiger partial charge in [-0.1, -0.05) is 116 Å². The summed E-state index contributed by atoms with van der Waals surface area (Å²) in [6, 6.07) is 34.4. The van der Waals surface area contributed by atoms with E-state index in [9.17, 15) is 47.9 Å². The molecule has 0 aliphatic carbocycles. The molecule has 0 aliphatic rings. The molecule has 0 atom stereocenters. The van der Waals surface area contributed by atoms with Gasteiger partial charge in [-0.2, -0.15) is 0 Å². The number of hydrogen-bond acceptors (Lipinski definition) is 24. The Morgan fingerprint density at radius 3 is 0.727 bits per heavy atom. The highest BCUT2D eigenvalue weighted by Crippen LogP contribution is 2.29. The molecule has 110 heavy (non-hydrogen) atoms. The Bertz CT molecular complexity index is 3900. The fourth-order valence-electron chi connectivity index (χ4n) is 10.1. The quantitative estimate of drug-likeness (QED) is 0.00855. The van der Waals surface area contributed by atoms with Gasteiger partial charge in [-0.05, 0) is 210 Å². The fourth-order valence-corrected chi connectivity index (χ4v) is 10.1. The number of unbranched alkanes of at least 4 members (excludes halogenated alkanes) is 18. The normalized spacial score (nSPS) is 10.4. The van der Waals surface area contributed by atoms with Crippen molar-refractivity contribution in [3.8, 4) is 46.0 Å². The average molecular weight is 1520 g/mol. The molecule has 588 valence electrons. The Morgan fingerprint density at radius 1 is 0.245 bits per heavy atom. The van der Waals surface area contributed by atoms with Crippen LogP contribution in [-0.2, 0) is 47.6 Å². The highest BCUT2D eigenvalue weighted by molar-refractivity contribution is 5.94. The molecule has 0 amide bonds. The monoisotopic (exact) mass is 1520 g/mol. The summed E-state index contributed by atoms with van der Waals surface area (Å²) in [5.41, 5.74) is 2.33. The molecule has 0 aromatic heterocycles. The molecule has 24 nitrogen and oxygen atoms in total. The Kier molecular flexibility index (Phi) is 42.8. The van der Waals surface area contributed by atoms with E-state index in [0.29, 0.717) is 97.4 Å². The van der Waals surface area contributed by atoms with E-state index in [1.54, 1.807) is 80.6 Å². The molecule has 0 unspecified atom stereocenters. The third-order valence-electron chi connectivity index (χ3n) is 16.2. The molecule has 24 heteroatoms. The van der Waals surface area contributed by atoms with Gasteiger partial charge >= 0.3 is 60.1 Å². The Hall–Kier alpha value is -11.8. The molecular formula is C86H100O24. The molecule has 0 fully saturated rings. The average Bonchev–Trinajstić information content (AvgIpc) is 0.828. The van der Waals surface area contributed by atoms with E-state index in [1.165, 1.54) is 130 Å². The number of rotatable bonds is 50. The first kappa shape index (κ1) is 88.8. The lowest BCUT2D eigenvalue weighted by Crippen LogP contribution is -2.13. The van der Waals surface area contributed by atoms with Crippen molar-refractivity contribution in [1.29, 1.82) is 0 Å². The molecule has 0 saturated carbocycles. The molecular weight excluding hydrogens is 1420 g/mol. The zero-order valence-corrected chi connectivity index (χ0v) is 62.9. The van der Waals surface area contributed by atoms with Crippen LogP contribution in [0.4, 0.5) is 9.59 Å². The third-order valence-corrected chi connectivity index (χ3v) is 16.2. The van der Waals surface area contributed by atoms with Gasteiger partial charge in [-0.15, -0.1) is 0 Å². The number of carbonyl (C=O) groups is 10. The van der Waals surface area contributed by atoms with Crippen LogP contribution in [0.15, 0.2) is 184 Å². The third kappa shape index (κ3) is 37.6. The lowest BCUT2D eigenvalue weighted by Gasteiger charge is -2.11. The van der Waals surface area contributed by atoms with E-state index < -0.39 is 48.1 Å². The van der Waals surface area contributed by atoms with Gasteiger partial charge in [0.2, 0.25) is 0 Å². The summed E-state index contributed by atoms with van der Waals surface area (Å²) < 4.78 is 73.6. The first-order valence-corrected chi connectivity index (χ1v) is 37.0. The predicted molar refractivity (Wildman–Crippen MR) is 409 cm³/mol. The molecule has 0 spiro atoms. The van der Waals surface area contributed by atoms with Gasteiger partial charge in [-0.25, -0.2) is 47.9 Å². The second kappa shape index (κ2) is 53.0. The van der Waals surface area contributed by atoms with Crippen molar-refractivity contribution in [3.63, 3.8) is 0 Å². The maximum Gasteiger partial charge on any atom is 0.513 e. The lowest BCUT2D eigenvalue weighted by atomic mass is 10.1. The summed E-state index contributed by atoms with van der Waals surface area (Å²) in [4.78, 5) is 119. The number of aryl methyl sites for hydroxylation is 2. The van der Waals surface area contributed by atoms with Gasteiger partial charge in [0, 0.05) is 24.3 Å². The van der Waals surface area contributed by atoms with Crippen molar-refractivity contribution in [1.82, 2.24) is 0 Å². The topological polar surface area (TPSA) is 300 Å². The van der Waals surface area contributed by atoms with Gasteiger partial charge in [0.1, 0.15) is 46.0 Å². The van der Waals surface area contributed by atoms with Crippen LogP contribution in [0.3, 0.4) is 0 Å². The number of carbonyl (C=O) groups excluding carboxylic acids is 10. The van der Waals surface area contributed by atoms with Crippen LogP contribution < -0.4 is 37.9 Å². The molecule has 0 bridgehead atoms. The van der Waals surface area contributed by atoms with E-state index in [4.69, 9.17) is 66.3 Å². The maximum atomic E-state index is 12.9. The number of esters is 8. The van der Waals surface area contributed by atoms with Gasteiger partial charge in [0.05, 0.1) is 75.1 Å². The first-order valence-electron chi connectivity index (χ1n) is 37.0. The molecule has 6 aromatic carbocycles. The van der Waals surface area contributed by atoms with Crippen LogP contribution in [0.2, 0.25) is 0 Å². The van der Waals surface area contributed by atoms with Crippen molar-refractivity contribution in [3.05, 3.63) is 217 Å². The van der Waals surface area contributed by atoms with Crippen molar-refractivity contribution in [2.75, 3.05) is 52.9 Å². The number of hydrogen-bond donors (Lipinski definition) is 0. The molecule has 6 rings (SSSR count). The van der Waals surface area contributed by atoms with Crippen molar-refractivity contribution >= 4 is 60.1 Å². The molecule has 0 heterocycles. The standard InChI is InChI=1S/C49H64O10.C37H36O14/c1-4-46(50)56-36-22-18-14-10-6-8-12-16-20-34-54-42-28-24-40(25-29-42)48(52)58-44-32-33-45(39(3)38-44)59-49(53)41-26-30-43(31-27-41)55-35-21-17-13-9-7-11-15-19-23-37-57-47(51)5-2;1-4-32(38)44-20-6-8-22-46-36(42)49-28-14-10-26(11-15-28)34(40)48-30-18-19-31(25(3)24-30)51-35(41)27-12-16-29(17-13-27)50-37(43)47-23-9-7-21-45-33(39)5-2/h4-5,24-33,38H,1-2,6-23,34-37H2,3H3;4-5,10-19,24H,1-2,6-9,20-23H2,3H3. The van der Waals surface area contributed by atoms with E-state index in [0.717, 1.165) is 76.4 Å². The van der Waals surface area contributed by atoms with Gasteiger partial charge < -0.3 is 66.3 Å². The van der Waals surface area contributed by atoms with Crippen molar-refractivity contribution in [2.24, 2.45) is 0 Å². The van der Waals surface area contributed by atoms with Crippen LogP contribution in [0.25, 0.3) is 0 Å². The minimum Gasteiger partial charge on any atom is -0.494 e. The van der Waals surface area contributed by atoms with Crippen LogP contribution in [0.1, 0.15) is 194 Å². The lowest BCUT2D eigenvalue weighted by molar-refractivity contribution is -0.138. The number of ether oxygens (including phenoxy) is 14. The Labute approximate surface area is 642 Å². The summed E-state index contributed by atoms with van der Waals surface area (Å²) in [6.07, 6.45) is 24.5. The van der Waals surface area contributed by atoms with Gasteiger partial charge in [0.15, 0.2) is 0 Å². The maximum absolute atomic E-state index is 12.9. The molecule has 0 N–H and O–H groups in total. The summed E-state index contributed by atoms with van der Waals surface area (Å²) in [6.45, 7) is 19.5. The van der Waals surface area contributed by atoms with E-state index in [2.05, 4.69) is 26.3 Å².